The van der Waals surface area contributed by atoms with Gasteiger partial charge in [0, 0.05) is 0 Å². The van der Waals surface area contributed by atoms with Gasteiger partial charge < -0.3 is 35.5 Å². The fraction of sp³-hybridized carbons (Fsp3) is 0. The Morgan fingerprint density at radius 3 is 0.706 bits per heavy atom. The molecule has 0 atom stereocenters. The molecule has 0 saturated heterocycles. The van der Waals surface area contributed by atoms with Gasteiger partial charge in [-0.2, -0.15) is 8.42 Å². The van der Waals surface area contributed by atoms with Crippen molar-refractivity contribution in [2.24, 2.45) is 0 Å². The maximum atomic E-state index is 8.88. The average Bonchev–Trinajstić information content (AvgIpc) is 1.41. The molecule has 0 saturated carbocycles. The number of rotatable bonds is 0. The summed E-state index contributed by atoms with van der Waals surface area (Å²) in [5.74, 6) is 0. The molecule has 0 aliphatic carbocycles. The van der Waals surface area contributed by atoms with Crippen molar-refractivity contribution in [1.82, 2.24) is 6.15 Å². The van der Waals surface area contributed by atoms with E-state index in [-0.39, 0.29) is 57.5 Å². The Balaban J connectivity index is -0.0000000400. The zero-order valence-corrected chi connectivity index (χ0v) is 9.83. The molecule has 11 N–H and O–H groups in total. The minimum absolute atomic E-state index is 0. The van der Waals surface area contributed by atoms with Gasteiger partial charge in [-0.3, -0.25) is 9.11 Å². The third-order valence-corrected chi connectivity index (χ3v) is 0. The molecule has 0 unspecified atom stereocenters. The van der Waals surface area contributed by atoms with Crippen molar-refractivity contribution in [2.75, 3.05) is 0 Å². The molecule has 17 heteroatoms. The van der Waals surface area contributed by atoms with E-state index in [1.165, 1.54) is 0 Å². The SMILES string of the molecule is N.O=P(O)(O)O.O=P(O)(O)O.O=S(=O)(O)O.[KH]. The first-order valence-corrected chi connectivity index (χ1v) is 6.79. The second-order valence-corrected chi connectivity index (χ2v) is 4.42. The molecule has 13 nitrogen and oxygen atoms in total. The molecule has 106 valence electrons. The Morgan fingerprint density at radius 1 is 0.706 bits per heavy atom. The number of hydrogen-bond donors (Lipinski definition) is 9. The molecule has 0 spiro atoms. The summed E-state index contributed by atoms with van der Waals surface area (Å²) in [4.78, 5) is 43.1. The predicted octanol–water partition coefficient (Wildman–Crippen LogP) is -3.00. The van der Waals surface area contributed by atoms with Crippen LogP contribution in [0.2, 0.25) is 0 Å². The first-order chi connectivity index (χ1) is 6.00. The molecule has 0 aromatic rings. The van der Waals surface area contributed by atoms with Gasteiger partial charge in [-0.25, -0.2) is 9.13 Å². The van der Waals surface area contributed by atoms with E-state index >= 15 is 0 Å². The first kappa shape index (κ1) is 31.2. The van der Waals surface area contributed by atoms with E-state index in [1.54, 1.807) is 0 Å². The molecule has 0 heterocycles. The van der Waals surface area contributed by atoms with Crippen molar-refractivity contribution in [2.45, 2.75) is 0 Å². The van der Waals surface area contributed by atoms with E-state index < -0.39 is 26.0 Å². The molecule has 0 aromatic carbocycles. The molecule has 0 aliphatic rings. The Kier molecular flexibility index (Phi) is 23.3. The number of phosphoric acid groups is 2. The van der Waals surface area contributed by atoms with E-state index in [1.807, 2.05) is 0 Å². The fourth-order valence-corrected chi connectivity index (χ4v) is 0. The van der Waals surface area contributed by atoms with Crippen LogP contribution in [0.25, 0.3) is 0 Å². The monoisotopic (exact) mass is 351 g/mol. The normalized spacial score (nSPS) is 10.4. The topological polar surface area (TPSA) is 265 Å². The van der Waals surface area contributed by atoms with Gasteiger partial charge in [0.2, 0.25) is 0 Å². The summed E-state index contributed by atoms with van der Waals surface area (Å²) >= 11 is 0. The molecule has 0 fully saturated rings. The van der Waals surface area contributed by atoms with Crippen molar-refractivity contribution in [3.8, 4) is 0 Å². The van der Waals surface area contributed by atoms with Gasteiger partial charge in [0.05, 0.1) is 0 Å². The van der Waals surface area contributed by atoms with Gasteiger partial charge in [-0.15, -0.1) is 0 Å². The summed E-state index contributed by atoms with van der Waals surface area (Å²) in [5.41, 5.74) is 0. The van der Waals surface area contributed by atoms with Crippen LogP contribution < -0.4 is 6.15 Å². The Labute approximate surface area is 138 Å². The summed E-state index contributed by atoms with van der Waals surface area (Å²) in [5, 5.41) is 0. The van der Waals surface area contributed by atoms with Gasteiger partial charge in [-0.05, 0) is 0 Å². The molecule has 0 amide bonds. The second kappa shape index (κ2) is 12.7. The van der Waals surface area contributed by atoms with Crippen LogP contribution in [0.3, 0.4) is 0 Å². The maximum absolute atomic E-state index is 8.88. The van der Waals surface area contributed by atoms with E-state index in [4.69, 9.17) is 56.0 Å². The summed E-state index contributed by atoms with van der Waals surface area (Å²) < 4.78 is 49.3. The molecule has 0 aliphatic heterocycles. The van der Waals surface area contributed by atoms with Crippen LogP contribution in [0, 0.1) is 0 Å². The van der Waals surface area contributed by atoms with Gasteiger partial charge in [-0.1, -0.05) is 0 Å². The van der Waals surface area contributed by atoms with Gasteiger partial charge in [0.25, 0.3) is 0 Å². The second-order valence-electron chi connectivity index (χ2n) is 1.47. The first-order valence-electron chi connectivity index (χ1n) is 2.26. The molecule has 17 heavy (non-hydrogen) atoms. The minimum atomic E-state index is -4.67. The quantitative estimate of drug-likeness (QED) is 0.120. The van der Waals surface area contributed by atoms with Crippen LogP contribution in [0.5, 0.6) is 0 Å². The predicted molar refractivity (Wildman–Crippen MR) is 54.9 cm³/mol. The van der Waals surface area contributed by atoms with E-state index in [9.17, 15) is 0 Å². The third-order valence-electron chi connectivity index (χ3n) is 0. The van der Waals surface area contributed by atoms with Gasteiger partial charge in [0.1, 0.15) is 0 Å². The zero-order chi connectivity index (χ0) is 13.5. The zero-order valence-electron chi connectivity index (χ0n) is 7.22. The average molecular weight is 351 g/mol. The van der Waals surface area contributed by atoms with Crippen molar-refractivity contribution in [1.29, 1.82) is 0 Å². The van der Waals surface area contributed by atoms with E-state index in [0.29, 0.717) is 0 Å². The van der Waals surface area contributed by atoms with Crippen molar-refractivity contribution < 1.29 is 56.0 Å². The molecule has 0 aromatic heterocycles. The van der Waals surface area contributed by atoms with Crippen molar-refractivity contribution >= 4 is 77.4 Å². The molecular weight excluding hydrogens is 339 g/mol. The molecule has 0 radical (unpaired) electrons. The van der Waals surface area contributed by atoms with Crippen LogP contribution in [0.4, 0.5) is 0 Å². The fourth-order valence-electron chi connectivity index (χ4n) is 0. The van der Waals surface area contributed by atoms with Crippen molar-refractivity contribution in [3.05, 3.63) is 0 Å². The molecule has 0 rings (SSSR count). The van der Waals surface area contributed by atoms with E-state index in [2.05, 4.69) is 0 Å². The molecular formula is H12KNO12P2S. The van der Waals surface area contributed by atoms with E-state index in [0.717, 1.165) is 0 Å². The Bertz CT molecular complexity index is 289. The Hall–Kier alpha value is 1.69. The Morgan fingerprint density at radius 2 is 0.706 bits per heavy atom. The summed E-state index contributed by atoms with van der Waals surface area (Å²) in [6.45, 7) is 0. The van der Waals surface area contributed by atoms with Crippen LogP contribution in [-0.2, 0) is 19.5 Å². The summed E-state index contributed by atoms with van der Waals surface area (Å²) in [6, 6.07) is 0. The van der Waals surface area contributed by atoms with Crippen LogP contribution in [0.1, 0.15) is 0 Å². The summed E-state index contributed by atoms with van der Waals surface area (Å²) in [6.07, 6.45) is 0. The van der Waals surface area contributed by atoms with Crippen molar-refractivity contribution in [3.63, 3.8) is 0 Å². The van der Waals surface area contributed by atoms with Crippen LogP contribution in [0.15, 0.2) is 0 Å². The summed E-state index contributed by atoms with van der Waals surface area (Å²) in [7, 11) is -13.9. The van der Waals surface area contributed by atoms with Crippen LogP contribution in [-0.4, -0.2) is 98.3 Å². The number of hydrogen-bond acceptors (Lipinski definition) is 5. The standard InChI is InChI=1S/K.H3N.2H3O4P.H2O4S.H/c;;3*1-5(2,3)4;/h;1H3;2*(H3,1,2,3,4);(H2,1,2,3,4);. The van der Waals surface area contributed by atoms with Gasteiger partial charge in [0.15, 0.2) is 0 Å². The van der Waals surface area contributed by atoms with Crippen LogP contribution >= 0.6 is 15.6 Å². The third kappa shape index (κ3) is 1530. The van der Waals surface area contributed by atoms with Gasteiger partial charge >= 0.3 is 77.4 Å². The molecule has 0 bridgehead atoms.